The fraction of sp³-hybridized carbons (Fsp3) is 0.774. The van der Waals surface area contributed by atoms with Crippen LogP contribution in [-0.4, -0.2) is 140 Å². The Kier molecular flexibility index (Phi) is 61.9. The molecular formula is C84H147NO13. The quantitative estimate of drug-likeness (QED) is 0.0204. The highest BCUT2D eigenvalue weighted by molar-refractivity contribution is 5.76. The van der Waals surface area contributed by atoms with Gasteiger partial charge in [-0.3, -0.25) is 4.79 Å². The summed E-state index contributed by atoms with van der Waals surface area (Å²) in [4.78, 5) is 13.4. The number of hydrogen-bond acceptors (Lipinski definition) is 13. The molecule has 1 amide bonds. The van der Waals surface area contributed by atoms with Crippen molar-refractivity contribution in [3.8, 4) is 0 Å². The van der Waals surface area contributed by atoms with Gasteiger partial charge in [0.2, 0.25) is 5.91 Å². The van der Waals surface area contributed by atoms with E-state index in [1.54, 1.807) is 6.08 Å². The molecule has 0 saturated carbocycles. The van der Waals surface area contributed by atoms with Crippen LogP contribution in [0.3, 0.4) is 0 Å². The number of nitrogens with one attached hydrogen (secondary N) is 1. The van der Waals surface area contributed by atoms with Gasteiger partial charge >= 0.3 is 0 Å². The Morgan fingerprint density at radius 2 is 0.714 bits per heavy atom. The van der Waals surface area contributed by atoms with E-state index in [2.05, 4.69) is 116 Å². The molecule has 9 N–H and O–H groups in total. The van der Waals surface area contributed by atoms with E-state index in [0.29, 0.717) is 12.8 Å². The first-order valence-corrected chi connectivity index (χ1v) is 40.1. The molecule has 566 valence electrons. The van der Waals surface area contributed by atoms with Crippen molar-refractivity contribution >= 4 is 5.91 Å². The lowest BCUT2D eigenvalue weighted by molar-refractivity contribution is -0.359. The van der Waals surface area contributed by atoms with Crippen molar-refractivity contribution in [2.24, 2.45) is 0 Å². The van der Waals surface area contributed by atoms with Gasteiger partial charge in [-0.25, -0.2) is 0 Å². The molecular weight excluding hydrogens is 1230 g/mol. The van der Waals surface area contributed by atoms with Gasteiger partial charge in [-0.05, 0) is 89.9 Å². The molecule has 0 aromatic heterocycles. The predicted molar refractivity (Wildman–Crippen MR) is 406 cm³/mol. The topological polar surface area (TPSA) is 228 Å². The van der Waals surface area contributed by atoms with Crippen molar-refractivity contribution in [3.63, 3.8) is 0 Å². The summed E-state index contributed by atoms with van der Waals surface area (Å²) in [5.41, 5.74) is 0. The van der Waals surface area contributed by atoms with Crippen LogP contribution in [0, 0.1) is 0 Å². The molecule has 12 unspecified atom stereocenters. The first-order valence-electron chi connectivity index (χ1n) is 40.1. The molecule has 12 atom stereocenters. The van der Waals surface area contributed by atoms with Crippen LogP contribution in [0.1, 0.15) is 322 Å². The summed E-state index contributed by atoms with van der Waals surface area (Å²) in [7, 11) is 0. The Labute approximate surface area is 597 Å². The van der Waals surface area contributed by atoms with Crippen molar-refractivity contribution in [1.29, 1.82) is 0 Å². The van der Waals surface area contributed by atoms with Gasteiger partial charge in [-0.1, -0.05) is 335 Å². The molecule has 0 aromatic rings. The summed E-state index contributed by atoms with van der Waals surface area (Å²) in [5.74, 6) is -0.251. The Morgan fingerprint density at radius 1 is 0.378 bits per heavy atom. The SMILES string of the molecule is CC/C=C\C/C=C\C/C=C\C/C=C\C/C=C\C/C=C\C/C=C\CCCCCCCCCCCCCCCC(=O)NC(COC1OC(CO)C(OC2OC(CO)C(O)C(O)C2O)C(O)C1O)C(O)/C=C/CC/C=C/CCCCCCCCCCCCCCCCCCCCCCCCC. The lowest BCUT2D eigenvalue weighted by atomic mass is 9.97. The van der Waals surface area contributed by atoms with Gasteiger partial charge in [0.25, 0.3) is 0 Å². The Bertz CT molecular complexity index is 2070. The van der Waals surface area contributed by atoms with Gasteiger partial charge in [0, 0.05) is 6.42 Å². The van der Waals surface area contributed by atoms with E-state index in [-0.39, 0.29) is 18.9 Å². The molecule has 0 radical (unpaired) electrons. The number of unbranched alkanes of at least 4 members (excludes halogenated alkanes) is 37. The zero-order chi connectivity index (χ0) is 70.8. The van der Waals surface area contributed by atoms with E-state index in [9.17, 15) is 45.6 Å². The van der Waals surface area contributed by atoms with Gasteiger partial charge in [0.15, 0.2) is 12.6 Å². The molecule has 2 aliphatic rings. The average Bonchev–Trinajstić information content (AvgIpc) is 0.797. The highest BCUT2D eigenvalue weighted by atomic mass is 16.7. The van der Waals surface area contributed by atoms with Gasteiger partial charge in [-0.15, -0.1) is 0 Å². The lowest BCUT2D eigenvalue weighted by Crippen LogP contribution is -2.65. The highest BCUT2D eigenvalue weighted by Crippen LogP contribution is 2.30. The standard InChI is InChI=1S/C84H147NO13/c1-3-5-7-9-11-13-15-17-19-21-23-25-27-29-31-33-34-35-36-37-38-40-42-44-46-48-50-52-54-56-58-60-62-64-66-68-76(89)85-72(71-95-83-81(94)79(92)82(75(70-87)97-83)98-84-80(93)78(91)77(90)74(69-86)96-84)73(88)67-65-63-61-59-57-55-53-51-49-47-45-43-41-39-32-30-28-26-24-22-20-18-16-14-12-10-8-6-4-2/h5,7,11,13,17,19,23,25,29,31,34-35,37-38,57,59,65,67,72-75,77-84,86-88,90-94H,3-4,6,8-10,12,14-16,18,20-22,24,26-28,30,32-33,36,39-56,58,60-64,66,68-71H2,1-2H3,(H,85,89)/b7-5-,13-11-,19-17-,25-23-,31-29-,35-34-,38-37-,59-57+,67-65+. The third kappa shape index (κ3) is 49.3. The molecule has 0 spiro atoms. The molecule has 14 nitrogen and oxygen atoms in total. The summed E-state index contributed by atoms with van der Waals surface area (Å²) >= 11 is 0. The van der Waals surface area contributed by atoms with E-state index in [1.165, 1.54) is 205 Å². The van der Waals surface area contributed by atoms with Crippen LogP contribution in [0.25, 0.3) is 0 Å². The Morgan fingerprint density at radius 3 is 1.12 bits per heavy atom. The number of hydrogen-bond donors (Lipinski definition) is 9. The van der Waals surface area contributed by atoms with Crippen LogP contribution in [-0.2, 0) is 23.7 Å². The summed E-state index contributed by atoms with van der Waals surface area (Å²) in [5, 5.41) is 87.7. The number of carbonyl (C=O) groups is 1. The molecule has 0 bridgehead atoms. The third-order valence-corrected chi connectivity index (χ3v) is 18.9. The second-order valence-corrected chi connectivity index (χ2v) is 27.8. The first kappa shape index (κ1) is 90.7. The molecule has 2 aliphatic heterocycles. The van der Waals surface area contributed by atoms with Gasteiger partial charge < -0.3 is 65.1 Å². The average molecular weight is 1380 g/mol. The van der Waals surface area contributed by atoms with Crippen molar-refractivity contribution in [3.05, 3.63) is 109 Å². The lowest BCUT2D eigenvalue weighted by Gasteiger charge is -2.46. The minimum Gasteiger partial charge on any atom is -0.394 e. The number of carbonyl (C=O) groups excluding carboxylic acids is 1. The smallest absolute Gasteiger partial charge is 0.220 e. The van der Waals surface area contributed by atoms with Crippen LogP contribution >= 0.6 is 0 Å². The Hall–Kier alpha value is -3.35. The highest BCUT2D eigenvalue weighted by Gasteiger charge is 2.51. The minimum absolute atomic E-state index is 0.251. The Balaban J connectivity index is 1.64. The number of aliphatic hydroxyl groups is 8. The van der Waals surface area contributed by atoms with Crippen LogP contribution in [0.2, 0.25) is 0 Å². The van der Waals surface area contributed by atoms with E-state index in [4.69, 9.17) is 18.9 Å². The van der Waals surface area contributed by atoms with Crippen LogP contribution < -0.4 is 5.32 Å². The summed E-state index contributed by atoms with van der Waals surface area (Å²) in [6.45, 7) is 2.70. The van der Waals surface area contributed by atoms with Crippen LogP contribution in [0.15, 0.2) is 109 Å². The number of aliphatic hydroxyl groups excluding tert-OH is 8. The van der Waals surface area contributed by atoms with Crippen molar-refractivity contribution < 1.29 is 64.6 Å². The molecule has 98 heavy (non-hydrogen) atoms. The van der Waals surface area contributed by atoms with E-state index < -0.39 is 86.8 Å². The first-order chi connectivity index (χ1) is 48.1. The third-order valence-electron chi connectivity index (χ3n) is 18.9. The zero-order valence-corrected chi connectivity index (χ0v) is 62.0. The minimum atomic E-state index is -1.80. The molecule has 2 heterocycles. The molecule has 0 aromatic carbocycles. The number of rotatable bonds is 66. The predicted octanol–water partition coefficient (Wildman–Crippen LogP) is 18.2. The van der Waals surface area contributed by atoms with Crippen LogP contribution in [0.4, 0.5) is 0 Å². The number of ether oxygens (including phenoxy) is 4. The maximum atomic E-state index is 13.4. The fourth-order valence-electron chi connectivity index (χ4n) is 12.6. The van der Waals surface area contributed by atoms with E-state index >= 15 is 0 Å². The molecule has 2 fully saturated rings. The largest absolute Gasteiger partial charge is 0.394 e. The molecule has 14 heteroatoms. The van der Waals surface area contributed by atoms with Gasteiger partial charge in [0.1, 0.15) is 48.8 Å². The molecule has 0 aliphatic carbocycles. The fourth-order valence-corrected chi connectivity index (χ4v) is 12.6. The monoisotopic (exact) mass is 1380 g/mol. The summed E-state index contributed by atoms with van der Waals surface area (Å²) < 4.78 is 22.9. The van der Waals surface area contributed by atoms with Crippen LogP contribution in [0.5, 0.6) is 0 Å². The maximum absolute atomic E-state index is 13.4. The van der Waals surface area contributed by atoms with Gasteiger partial charge in [0.05, 0.1) is 32.0 Å². The molecule has 2 saturated heterocycles. The van der Waals surface area contributed by atoms with Crippen molar-refractivity contribution in [1.82, 2.24) is 5.32 Å². The zero-order valence-electron chi connectivity index (χ0n) is 62.0. The molecule has 2 rings (SSSR count). The number of amides is 1. The maximum Gasteiger partial charge on any atom is 0.220 e. The van der Waals surface area contributed by atoms with Crippen molar-refractivity contribution in [2.45, 2.75) is 396 Å². The number of allylic oxidation sites excluding steroid dienone is 17. The normalized spacial score (nSPS) is 22.6. The van der Waals surface area contributed by atoms with Crippen molar-refractivity contribution in [2.75, 3.05) is 19.8 Å². The summed E-state index contributed by atoms with van der Waals surface area (Å²) in [6, 6.07) is -0.941. The van der Waals surface area contributed by atoms with E-state index in [1.807, 2.05) is 6.08 Å². The second-order valence-electron chi connectivity index (χ2n) is 27.8. The van der Waals surface area contributed by atoms with E-state index in [0.717, 1.165) is 83.5 Å². The van der Waals surface area contributed by atoms with Gasteiger partial charge in [-0.2, -0.15) is 0 Å². The second kappa shape index (κ2) is 66.9. The summed E-state index contributed by atoms with van der Waals surface area (Å²) in [6.07, 6.45) is 80.2.